The van der Waals surface area contributed by atoms with Gasteiger partial charge in [0.2, 0.25) is 5.91 Å². The summed E-state index contributed by atoms with van der Waals surface area (Å²) in [5.41, 5.74) is 0.823. The SMILES string of the molecule is CCOC(=O)c1cc(C(C)C)sc1NC(=O)COC(=O)CC(NC(C)=O)c1ccccc1Cl. The van der Waals surface area contributed by atoms with Gasteiger partial charge >= 0.3 is 11.9 Å². The van der Waals surface area contributed by atoms with E-state index in [1.165, 1.54) is 18.3 Å². The molecule has 33 heavy (non-hydrogen) atoms. The van der Waals surface area contributed by atoms with Crippen LogP contribution in [0.5, 0.6) is 0 Å². The summed E-state index contributed by atoms with van der Waals surface area (Å²) in [4.78, 5) is 49.4. The van der Waals surface area contributed by atoms with Crippen molar-refractivity contribution in [2.75, 3.05) is 18.5 Å². The molecule has 1 aromatic carbocycles. The lowest BCUT2D eigenvalue weighted by Crippen LogP contribution is -2.30. The molecule has 0 saturated heterocycles. The largest absolute Gasteiger partial charge is 0.462 e. The fourth-order valence-corrected chi connectivity index (χ4v) is 4.26. The smallest absolute Gasteiger partial charge is 0.341 e. The predicted molar refractivity (Wildman–Crippen MR) is 127 cm³/mol. The standard InChI is InChI=1S/C23H27ClN2O6S/c1-5-31-23(30)16-10-19(13(2)3)33-22(16)26-20(28)12-32-21(29)11-18(25-14(4)27)15-8-6-7-9-17(15)24/h6-10,13,18H,5,11-12H2,1-4H3,(H,25,27)(H,26,28). The van der Waals surface area contributed by atoms with Gasteiger partial charge in [-0.15, -0.1) is 11.3 Å². The van der Waals surface area contributed by atoms with Gasteiger partial charge in [-0.05, 0) is 30.5 Å². The summed E-state index contributed by atoms with van der Waals surface area (Å²) in [6.45, 7) is 6.62. The molecule has 0 aliphatic carbocycles. The predicted octanol–water partition coefficient (Wildman–Crippen LogP) is 4.45. The second-order valence-corrected chi connectivity index (χ2v) is 8.95. The molecule has 2 rings (SSSR count). The number of hydrogen-bond donors (Lipinski definition) is 2. The topological polar surface area (TPSA) is 111 Å². The van der Waals surface area contributed by atoms with Crippen LogP contribution in [-0.2, 0) is 23.9 Å². The van der Waals surface area contributed by atoms with Crippen LogP contribution in [0.3, 0.4) is 0 Å². The highest BCUT2D eigenvalue weighted by molar-refractivity contribution is 7.16. The summed E-state index contributed by atoms with van der Waals surface area (Å²) in [5, 5.41) is 6.02. The molecule has 0 bridgehead atoms. The molecule has 0 aliphatic heterocycles. The lowest BCUT2D eigenvalue weighted by Gasteiger charge is -2.18. The van der Waals surface area contributed by atoms with Crippen molar-refractivity contribution in [2.45, 2.75) is 46.1 Å². The van der Waals surface area contributed by atoms with Gasteiger partial charge in [-0.3, -0.25) is 14.4 Å². The van der Waals surface area contributed by atoms with Gasteiger partial charge in [0.25, 0.3) is 5.91 Å². The van der Waals surface area contributed by atoms with Crippen LogP contribution < -0.4 is 10.6 Å². The Morgan fingerprint density at radius 1 is 1.12 bits per heavy atom. The van der Waals surface area contributed by atoms with E-state index in [0.29, 0.717) is 15.6 Å². The Hall–Kier alpha value is -2.91. The molecule has 0 fully saturated rings. The molecule has 1 unspecified atom stereocenters. The van der Waals surface area contributed by atoms with Crippen molar-refractivity contribution in [1.29, 1.82) is 0 Å². The third-order valence-electron chi connectivity index (χ3n) is 4.46. The van der Waals surface area contributed by atoms with Crippen molar-refractivity contribution in [3.63, 3.8) is 0 Å². The maximum atomic E-state index is 12.4. The Morgan fingerprint density at radius 2 is 1.82 bits per heavy atom. The normalized spacial score (nSPS) is 11.6. The van der Waals surface area contributed by atoms with E-state index >= 15 is 0 Å². The molecular formula is C23H27ClN2O6S. The van der Waals surface area contributed by atoms with Crippen LogP contribution in [-0.4, -0.2) is 37.0 Å². The lowest BCUT2D eigenvalue weighted by atomic mass is 10.0. The number of ether oxygens (including phenoxy) is 2. The fourth-order valence-electron chi connectivity index (χ4n) is 2.92. The van der Waals surface area contributed by atoms with E-state index in [4.69, 9.17) is 21.1 Å². The average molecular weight is 495 g/mol. The monoisotopic (exact) mass is 494 g/mol. The number of carbonyl (C=O) groups is 4. The third kappa shape index (κ3) is 7.87. The summed E-state index contributed by atoms with van der Waals surface area (Å²) in [6.07, 6.45) is -0.207. The van der Waals surface area contributed by atoms with E-state index < -0.39 is 30.5 Å². The van der Waals surface area contributed by atoms with Crippen molar-refractivity contribution in [3.8, 4) is 0 Å². The molecule has 0 spiro atoms. The Kier molecular flexibility index (Phi) is 9.87. The summed E-state index contributed by atoms with van der Waals surface area (Å²) in [7, 11) is 0. The van der Waals surface area contributed by atoms with E-state index in [9.17, 15) is 19.2 Å². The summed E-state index contributed by atoms with van der Waals surface area (Å²) in [5.74, 6) is -2.01. The summed E-state index contributed by atoms with van der Waals surface area (Å²) in [6, 6.07) is 7.81. The maximum absolute atomic E-state index is 12.4. The van der Waals surface area contributed by atoms with Crippen LogP contribution in [0.2, 0.25) is 5.02 Å². The lowest BCUT2D eigenvalue weighted by molar-refractivity contribution is -0.148. The molecule has 1 aromatic heterocycles. The molecule has 1 atom stereocenters. The van der Waals surface area contributed by atoms with E-state index in [2.05, 4.69) is 10.6 Å². The van der Waals surface area contributed by atoms with E-state index in [0.717, 1.165) is 4.88 Å². The van der Waals surface area contributed by atoms with Gasteiger partial charge in [0, 0.05) is 16.8 Å². The van der Waals surface area contributed by atoms with Crippen molar-refractivity contribution in [3.05, 3.63) is 51.4 Å². The number of halogens is 1. The number of anilines is 1. The van der Waals surface area contributed by atoms with Crippen LogP contribution in [0.25, 0.3) is 0 Å². The number of benzene rings is 1. The highest BCUT2D eigenvalue weighted by Gasteiger charge is 2.23. The van der Waals surface area contributed by atoms with Crippen LogP contribution in [0.4, 0.5) is 5.00 Å². The van der Waals surface area contributed by atoms with Gasteiger partial charge in [-0.1, -0.05) is 43.6 Å². The highest BCUT2D eigenvalue weighted by Crippen LogP contribution is 2.33. The molecule has 0 radical (unpaired) electrons. The Bertz CT molecular complexity index is 1020. The third-order valence-corrected chi connectivity index (χ3v) is 6.16. The van der Waals surface area contributed by atoms with Crippen molar-refractivity contribution in [1.82, 2.24) is 5.32 Å². The van der Waals surface area contributed by atoms with Gasteiger partial charge in [-0.2, -0.15) is 0 Å². The minimum Gasteiger partial charge on any atom is -0.462 e. The molecule has 1 heterocycles. The first-order valence-corrected chi connectivity index (χ1v) is 11.6. The molecular weight excluding hydrogens is 468 g/mol. The first kappa shape index (κ1) is 26.3. The molecule has 0 aliphatic rings. The van der Waals surface area contributed by atoms with Crippen LogP contribution in [0.1, 0.15) is 66.9 Å². The minimum atomic E-state index is -0.701. The number of thiophene rings is 1. The second kappa shape index (κ2) is 12.4. The van der Waals surface area contributed by atoms with E-state index in [1.807, 2.05) is 13.8 Å². The zero-order chi connectivity index (χ0) is 24.5. The number of amides is 2. The number of hydrogen-bond acceptors (Lipinski definition) is 7. The number of carbonyl (C=O) groups excluding carboxylic acids is 4. The molecule has 178 valence electrons. The quantitative estimate of drug-likeness (QED) is 0.472. The fraction of sp³-hybridized carbons (Fsp3) is 0.391. The molecule has 10 heteroatoms. The Balaban J connectivity index is 2.02. The Labute approximate surface area is 201 Å². The number of rotatable bonds is 10. The Morgan fingerprint density at radius 3 is 2.42 bits per heavy atom. The van der Waals surface area contributed by atoms with Crippen LogP contribution in [0.15, 0.2) is 30.3 Å². The van der Waals surface area contributed by atoms with Gasteiger partial charge in [0.1, 0.15) is 5.00 Å². The molecule has 2 aromatic rings. The van der Waals surface area contributed by atoms with Gasteiger partial charge < -0.3 is 20.1 Å². The maximum Gasteiger partial charge on any atom is 0.341 e. The zero-order valence-electron chi connectivity index (χ0n) is 18.9. The average Bonchev–Trinajstić information content (AvgIpc) is 3.16. The van der Waals surface area contributed by atoms with Crippen molar-refractivity contribution >= 4 is 51.7 Å². The van der Waals surface area contributed by atoms with Gasteiger partial charge in [0.05, 0.1) is 24.6 Å². The summed E-state index contributed by atoms with van der Waals surface area (Å²) < 4.78 is 10.1. The number of esters is 2. The summed E-state index contributed by atoms with van der Waals surface area (Å²) >= 11 is 7.45. The van der Waals surface area contributed by atoms with Crippen molar-refractivity contribution < 1.29 is 28.7 Å². The van der Waals surface area contributed by atoms with E-state index in [1.54, 1.807) is 37.3 Å². The first-order valence-electron chi connectivity index (χ1n) is 10.4. The van der Waals surface area contributed by atoms with Crippen LogP contribution in [0, 0.1) is 0 Å². The molecule has 2 amide bonds. The zero-order valence-corrected chi connectivity index (χ0v) is 20.5. The molecule has 8 nitrogen and oxygen atoms in total. The first-order chi connectivity index (χ1) is 15.6. The minimum absolute atomic E-state index is 0.155. The highest BCUT2D eigenvalue weighted by atomic mass is 35.5. The number of nitrogens with one attached hydrogen (secondary N) is 2. The molecule has 0 saturated carbocycles. The van der Waals surface area contributed by atoms with Crippen molar-refractivity contribution in [2.24, 2.45) is 0 Å². The van der Waals surface area contributed by atoms with Gasteiger partial charge in [0.15, 0.2) is 6.61 Å². The van der Waals surface area contributed by atoms with E-state index in [-0.39, 0.29) is 30.4 Å². The second-order valence-electron chi connectivity index (χ2n) is 7.45. The van der Waals surface area contributed by atoms with Gasteiger partial charge in [-0.25, -0.2) is 4.79 Å². The van der Waals surface area contributed by atoms with Crippen LogP contribution >= 0.6 is 22.9 Å². The molecule has 2 N–H and O–H groups in total.